The molecule has 8 nitrogen and oxygen atoms in total. The SMILES string of the molecule is CCOc1c(C)cnc2c1c(=O)n(CC(=O)Nc1cc(C)ccc1C)c(=O)n2C. The molecule has 8 heteroatoms. The van der Waals surface area contributed by atoms with E-state index in [4.69, 9.17) is 4.74 Å². The number of carbonyl (C=O) groups excluding carboxylic acids is 1. The Labute approximate surface area is 167 Å². The Morgan fingerprint density at radius 1 is 1.17 bits per heavy atom. The fourth-order valence-electron chi connectivity index (χ4n) is 3.19. The van der Waals surface area contributed by atoms with E-state index in [2.05, 4.69) is 10.3 Å². The third-order valence-electron chi connectivity index (χ3n) is 4.74. The van der Waals surface area contributed by atoms with E-state index in [-0.39, 0.29) is 11.0 Å². The summed E-state index contributed by atoms with van der Waals surface area (Å²) in [6, 6.07) is 5.68. The molecule has 0 atom stereocenters. The topological polar surface area (TPSA) is 95.2 Å². The molecule has 2 aromatic heterocycles. The van der Waals surface area contributed by atoms with Gasteiger partial charge >= 0.3 is 5.69 Å². The second-order valence-electron chi connectivity index (χ2n) is 7.00. The Balaban J connectivity index is 2.09. The minimum absolute atomic E-state index is 0.188. The van der Waals surface area contributed by atoms with Crippen molar-refractivity contribution in [2.45, 2.75) is 34.2 Å². The van der Waals surface area contributed by atoms with E-state index < -0.39 is 23.7 Å². The molecule has 2 heterocycles. The highest BCUT2D eigenvalue weighted by Crippen LogP contribution is 2.24. The predicted octanol–water partition coefficient (Wildman–Crippen LogP) is 2.06. The maximum absolute atomic E-state index is 13.1. The van der Waals surface area contributed by atoms with Gasteiger partial charge in [0.2, 0.25) is 5.91 Å². The number of nitrogens with zero attached hydrogens (tertiary/aromatic N) is 3. The van der Waals surface area contributed by atoms with Gasteiger partial charge < -0.3 is 10.1 Å². The fourth-order valence-corrected chi connectivity index (χ4v) is 3.19. The van der Waals surface area contributed by atoms with Crippen LogP contribution in [0.4, 0.5) is 5.69 Å². The molecule has 3 aromatic rings. The van der Waals surface area contributed by atoms with Gasteiger partial charge in [-0.15, -0.1) is 0 Å². The summed E-state index contributed by atoms with van der Waals surface area (Å²) < 4.78 is 7.80. The number of fused-ring (bicyclic) bond motifs is 1. The molecule has 0 aliphatic rings. The molecule has 152 valence electrons. The monoisotopic (exact) mass is 396 g/mol. The zero-order chi connectivity index (χ0) is 21.3. The van der Waals surface area contributed by atoms with Crippen LogP contribution in [0.1, 0.15) is 23.6 Å². The lowest BCUT2D eigenvalue weighted by atomic mass is 10.1. The number of rotatable bonds is 5. The van der Waals surface area contributed by atoms with E-state index >= 15 is 0 Å². The molecular weight excluding hydrogens is 372 g/mol. The summed E-state index contributed by atoms with van der Waals surface area (Å²) in [4.78, 5) is 42.7. The largest absolute Gasteiger partial charge is 0.493 e. The minimum Gasteiger partial charge on any atom is -0.493 e. The molecular formula is C21H24N4O4. The molecule has 0 fully saturated rings. The van der Waals surface area contributed by atoms with Gasteiger partial charge in [-0.3, -0.25) is 14.2 Å². The van der Waals surface area contributed by atoms with Gasteiger partial charge in [0.25, 0.3) is 5.56 Å². The van der Waals surface area contributed by atoms with Crippen LogP contribution in [0.5, 0.6) is 5.75 Å². The van der Waals surface area contributed by atoms with Crippen LogP contribution >= 0.6 is 0 Å². The van der Waals surface area contributed by atoms with Crippen LogP contribution in [0.2, 0.25) is 0 Å². The van der Waals surface area contributed by atoms with E-state index in [1.807, 2.05) is 39.0 Å². The maximum Gasteiger partial charge on any atom is 0.332 e. The summed E-state index contributed by atoms with van der Waals surface area (Å²) in [6.45, 7) is 7.33. The number of aryl methyl sites for hydroxylation is 4. The third kappa shape index (κ3) is 3.78. The Kier molecular flexibility index (Phi) is 5.54. The number of ether oxygens (including phenoxy) is 1. The Morgan fingerprint density at radius 2 is 1.90 bits per heavy atom. The first-order valence-electron chi connectivity index (χ1n) is 9.33. The van der Waals surface area contributed by atoms with E-state index in [1.54, 1.807) is 13.1 Å². The first-order valence-corrected chi connectivity index (χ1v) is 9.33. The zero-order valence-electron chi connectivity index (χ0n) is 17.2. The first-order chi connectivity index (χ1) is 13.7. The summed E-state index contributed by atoms with van der Waals surface area (Å²) in [5.41, 5.74) is 2.22. The van der Waals surface area contributed by atoms with Gasteiger partial charge in [0.15, 0.2) is 5.65 Å². The minimum atomic E-state index is -0.614. The fraction of sp³-hybridized carbons (Fsp3) is 0.333. The number of carbonyl (C=O) groups is 1. The van der Waals surface area contributed by atoms with E-state index in [1.165, 1.54) is 11.6 Å². The number of hydrogen-bond donors (Lipinski definition) is 1. The van der Waals surface area contributed by atoms with Crippen molar-refractivity contribution in [3.05, 3.63) is 61.9 Å². The van der Waals surface area contributed by atoms with Crippen molar-refractivity contribution in [2.24, 2.45) is 7.05 Å². The van der Waals surface area contributed by atoms with Gasteiger partial charge in [-0.1, -0.05) is 12.1 Å². The lowest BCUT2D eigenvalue weighted by Gasteiger charge is -2.15. The van der Waals surface area contributed by atoms with Crippen molar-refractivity contribution >= 4 is 22.6 Å². The van der Waals surface area contributed by atoms with Crippen LogP contribution < -0.4 is 21.3 Å². The van der Waals surface area contributed by atoms with Gasteiger partial charge in [-0.05, 0) is 44.9 Å². The highest BCUT2D eigenvalue weighted by Gasteiger charge is 2.19. The molecule has 0 saturated heterocycles. The average molecular weight is 396 g/mol. The summed E-state index contributed by atoms with van der Waals surface area (Å²) in [6.07, 6.45) is 1.56. The molecule has 0 aliphatic heterocycles. The Morgan fingerprint density at radius 3 is 2.59 bits per heavy atom. The number of benzene rings is 1. The molecule has 1 N–H and O–H groups in total. The summed E-state index contributed by atoms with van der Waals surface area (Å²) in [7, 11) is 1.52. The number of nitrogens with one attached hydrogen (secondary N) is 1. The number of anilines is 1. The number of hydrogen-bond acceptors (Lipinski definition) is 5. The quantitative estimate of drug-likeness (QED) is 0.712. The summed E-state index contributed by atoms with van der Waals surface area (Å²) in [5.74, 6) is -0.0855. The number of pyridine rings is 1. The summed E-state index contributed by atoms with van der Waals surface area (Å²) >= 11 is 0. The molecule has 0 aliphatic carbocycles. The van der Waals surface area contributed by atoms with E-state index in [0.29, 0.717) is 23.6 Å². The van der Waals surface area contributed by atoms with Gasteiger partial charge in [0, 0.05) is 24.5 Å². The van der Waals surface area contributed by atoms with Gasteiger partial charge in [0.1, 0.15) is 17.7 Å². The van der Waals surface area contributed by atoms with Crippen molar-refractivity contribution in [1.82, 2.24) is 14.1 Å². The van der Waals surface area contributed by atoms with Crippen LogP contribution in [0.15, 0.2) is 34.0 Å². The molecule has 29 heavy (non-hydrogen) atoms. The van der Waals surface area contributed by atoms with E-state index in [9.17, 15) is 14.4 Å². The molecule has 0 spiro atoms. The van der Waals surface area contributed by atoms with Crippen molar-refractivity contribution < 1.29 is 9.53 Å². The molecule has 0 saturated carbocycles. The van der Waals surface area contributed by atoms with Crippen molar-refractivity contribution in [1.29, 1.82) is 0 Å². The van der Waals surface area contributed by atoms with Gasteiger partial charge in [-0.2, -0.15) is 0 Å². The normalized spacial score (nSPS) is 10.9. The molecule has 1 aromatic carbocycles. The van der Waals surface area contributed by atoms with Crippen LogP contribution in [0.3, 0.4) is 0 Å². The van der Waals surface area contributed by atoms with Gasteiger partial charge in [0.05, 0.1) is 6.61 Å². The molecule has 1 amide bonds. The van der Waals surface area contributed by atoms with Crippen molar-refractivity contribution in [2.75, 3.05) is 11.9 Å². The highest BCUT2D eigenvalue weighted by atomic mass is 16.5. The number of aromatic nitrogens is 3. The maximum atomic E-state index is 13.1. The van der Waals surface area contributed by atoms with Crippen LogP contribution in [-0.4, -0.2) is 26.6 Å². The lowest BCUT2D eigenvalue weighted by molar-refractivity contribution is -0.116. The molecule has 0 bridgehead atoms. The van der Waals surface area contributed by atoms with Crippen LogP contribution in [0, 0.1) is 20.8 Å². The third-order valence-corrected chi connectivity index (χ3v) is 4.74. The number of amides is 1. The Hall–Kier alpha value is -3.42. The van der Waals surface area contributed by atoms with Crippen LogP contribution in [0.25, 0.3) is 11.0 Å². The lowest BCUT2D eigenvalue weighted by Crippen LogP contribution is -2.42. The molecule has 0 unspecified atom stereocenters. The zero-order valence-corrected chi connectivity index (χ0v) is 17.2. The predicted molar refractivity (Wildman–Crippen MR) is 112 cm³/mol. The molecule has 3 rings (SSSR count). The second-order valence-corrected chi connectivity index (χ2v) is 7.00. The standard InChI is InChI=1S/C21H24N4O4/c1-6-29-18-14(4)10-22-19-17(18)20(27)25(21(28)24(19)5)11-16(26)23-15-9-12(2)7-8-13(15)3/h7-10H,6,11H2,1-5H3,(H,23,26). The van der Waals surface area contributed by atoms with Crippen molar-refractivity contribution in [3.8, 4) is 5.75 Å². The first kappa shape index (κ1) is 20.3. The molecule has 0 radical (unpaired) electrons. The van der Waals surface area contributed by atoms with Crippen molar-refractivity contribution in [3.63, 3.8) is 0 Å². The van der Waals surface area contributed by atoms with Crippen LogP contribution in [-0.2, 0) is 18.4 Å². The Bertz CT molecular complexity index is 1220. The average Bonchev–Trinajstić information content (AvgIpc) is 2.68. The smallest absolute Gasteiger partial charge is 0.332 e. The van der Waals surface area contributed by atoms with Gasteiger partial charge in [-0.25, -0.2) is 14.3 Å². The second kappa shape index (κ2) is 7.90. The van der Waals surface area contributed by atoms with E-state index in [0.717, 1.165) is 15.7 Å². The summed E-state index contributed by atoms with van der Waals surface area (Å²) in [5, 5.41) is 2.97. The highest BCUT2D eigenvalue weighted by molar-refractivity contribution is 5.91.